The molecule has 0 saturated heterocycles. The molecule has 0 radical (unpaired) electrons. The summed E-state index contributed by atoms with van der Waals surface area (Å²) in [6.07, 6.45) is 10.7. The summed E-state index contributed by atoms with van der Waals surface area (Å²) in [4.78, 5) is 0. The fourth-order valence-corrected chi connectivity index (χ4v) is 3.51. The zero-order valence-electron chi connectivity index (χ0n) is 14.2. The molecule has 1 aromatic rings. The lowest BCUT2D eigenvalue weighted by molar-refractivity contribution is 0.161. The monoisotopic (exact) mass is 316 g/mol. The minimum atomic E-state index is -0.568. The van der Waals surface area contributed by atoms with Gasteiger partial charge in [-0.05, 0) is 42.5 Å². The number of unbranched alkanes of at least 4 members (excludes halogenated alkanes) is 2. The molecular weight excluding hydrogens is 287 g/mol. The molecule has 1 atom stereocenters. The molecule has 0 aromatic heterocycles. The van der Waals surface area contributed by atoms with E-state index in [2.05, 4.69) is 18.8 Å². The maximum Gasteiger partial charge on any atom is 0.123 e. The second-order valence-corrected chi connectivity index (χ2v) is 6.91. The molecule has 0 amide bonds. The molecule has 0 heterocycles. The summed E-state index contributed by atoms with van der Waals surface area (Å²) in [5.41, 5.74) is 0.755. The van der Waals surface area contributed by atoms with Crippen LogP contribution in [0.5, 0.6) is 0 Å². The molecule has 1 nitrogen and oxygen atoms in total. The third-order valence-corrected chi connectivity index (χ3v) is 4.97. The Bertz CT molecular complexity index is 503. The first-order valence-electron chi connectivity index (χ1n) is 9.12. The summed E-state index contributed by atoms with van der Waals surface area (Å²) in [6, 6.07) is 6.10. The second kappa shape index (κ2) is 9.73. The average Bonchev–Trinajstić information content (AvgIpc) is 2.56. The summed E-state index contributed by atoms with van der Waals surface area (Å²) >= 11 is 0. The molecule has 1 unspecified atom stereocenters. The first kappa shape index (κ1) is 18.0. The van der Waals surface area contributed by atoms with E-state index in [0.717, 1.165) is 17.9 Å². The van der Waals surface area contributed by atoms with E-state index >= 15 is 0 Å². The molecule has 0 aliphatic heterocycles. The van der Waals surface area contributed by atoms with Gasteiger partial charge in [-0.15, -0.1) is 0 Å². The van der Waals surface area contributed by atoms with Gasteiger partial charge < -0.3 is 5.11 Å². The molecular formula is C21H29FO. The normalized spacial score (nSPS) is 22.2. The Labute approximate surface area is 140 Å². The van der Waals surface area contributed by atoms with Crippen LogP contribution in [0.15, 0.2) is 24.3 Å². The lowest BCUT2D eigenvalue weighted by Gasteiger charge is -2.29. The van der Waals surface area contributed by atoms with Crippen LogP contribution in [0.25, 0.3) is 0 Å². The summed E-state index contributed by atoms with van der Waals surface area (Å²) in [6.45, 7) is 2.26. The van der Waals surface area contributed by atoms with Crippen LogP contribution in [0.1, 0.15) is 70.3 Å². The third kappa shape index (κ3) is 6.75. The molecule has 1 aliphatic rings. The van der Waals surface area contributed by atoms with Crippen LogP contribution in [-0.4, -0.2) is 11.2 Å². The highest BCUT2D eigenvalue weighted by Crippen LogP contribution is 2.34. The third-order valence-electron chi connectivity index (χ3n) is 4.97. The van der Waals surface area contributed by atoms with E-state index in [1.165, 1.54) is 63.5 Å². The van der Waals surface area contributed by atoms with Crippen molar-refractivity contribution >= 4 is 0 Å². The Morgan fingerprint density at radius 3 is 2.39 bits per heavy atom. The van der Waals surface area contributed by atoms with E-state index in [1.54, 1.807) is 12.1 Å². The van der Waals surface area contributed by atoms with E-state index in [-0.39, 0.29) is 5.82 Å². The van der Waals surface area contributed by atoms with Gasteiger partial charge in [0.05, 0.1) is 0 Å². The Kier molecular flexibility index (Phi) is 7.62. The summed E-state index contributed by atoms with van der Waals surface area (Å²) in [5.74, 6) is 7.09. The van der Waals surface area contributed by atoms with Gasteiger partial charge in [0.15, 0.2) is 0 Å². The number of rotatable bonds is 6. The number of halogens is 1. The van der Waals surface area contributed by atoms with Crippen molar-refractivity contribution in [3.8, 4) is 11.8 Å². The van der Waals surface area contributed by atoms with E-state index in [1.807, 2.05) is 0 Å². The number of aliphatic hydroxyl groups is 1. The van der Waals surface area contributed by atoms with E-state index in [4.69, 9.17) is 0 Å². The average molecular weight is 316 g/mol. The van der Waals surface area contributed by atoms with E-state index < -0.39 is 6.10 Å². The standard InChI is InChI=1S/C21H29FO/c1-2-3-4-5-17-6-8-19(9-7-17)16-21(23)15-12-18-10-13-20(22)14-11-18/h10-11,13-14,17,19,21,23H,2-9,16H2,1H3. The predicted octanol–water partition coefficient (Wildman–Crippen LogP) is 5.31. The quantitative estimate of drug-likeness (QED) is 0.556. The first-order valence-corrected chi connectivity index (χ1v) is 9.12. The Balaban J connectivity index is 1.70. The first-order chi connectivity index (χ1) is 11.2. The Morgan fingerprint density at radius 2 is 1.74 bits per heavy atom. The van der Waals surface area contributed by atoms with Crippen LogP contribution >= 0.6 is 0 Å². The summed E-state index contributed by atoms with van der Waals surface area (Å²) < 4.78 is 12.8. The van der Waals surface area contributed by atoms with Crippen molar-refractivity contribution in [3.63, 3.8) is 0 Å². The zero-order valence-corrected chi connectivity index (χ0v) is 14.2. The molecule has 126 valence electrons. The van der Waals surface area contributed by atoms with Crippen molar-refractivity contribution in [2.24, 2.45) is 11.8 Å². The van der Waals surface area contributed by atoms with Gasteiger partial charge in [0.1, 0.15) is 11.9 Å². The zero-order chi connectivity index (χ0) is 16.5. The van der Waals surface area contributed by atoms with Gasteiger partial charge >= 0.3 is 0 Å². The summed E-state index contributed by atoms with van der Waals surface area (Å²) in [7, 11) is 0. The highest BCUT2D eigenvalue weighted by molar-refractivity contribution is 5.34. The predicted molar refractivity (Wildman–Crippen MR) is 93.5 cm³/mol. The molecule has 1 aromatic carbocycles. The Morgan fingerprint density at radius 1 is 1.09 bits per heavy atom. The molecule has 0 spiro atoms. The van der Waals surface area contributed by atoms with Gasteiger partial charge in [-0.25, -0.2) is 4.39 Å². The number of benzene rings is 1. The van der Waals surface area contributed by atoms with Crippen molar-refractivity contribution in [1.82, 2.24) is 0 Å². The van der Waals surface area contributed by atoms with Gasteiger partial charge in [0.2, 0.25) is 0 Å². The van der Waals surface area contributed by atoms with E-state index in [9.17, 15) is 9.50 Å². The fourth-order valence-electron chi connectivity index (χ4n) is 3.51. The molecule has 2 heteroatoms. The van der Waals surface area contributed by atoms with Crippen molar-refractivity contribution in [2.45, 2.75) is 70.8 Å². The lowest BCUT2D eigenvalue weighted by Crippen LogP contribution is -2.19. The lowest BCUT2D eigenvalue weighted by atomic mass is 9.78. The van der Waals surface area contributed by atoms with Crippen molar-refractivity contribution in [2.75, 3.05) is 0 Å². The molecule has 0 bridgehead atoms. The number of aliphatic hydroxyl groups excluding tert-OH is 1. The fraction of sp³-hybridized carbons (Fsp3) is 0.619. The summed E-state index contributed by atoms with van der Waals surface area (Å²) in [5, 5.41) is 10.1. The van der Waals surface area contributed by atoms with Crippen molar-refractivity contribution in [3.05, 3.63) is 35.6 Å². The maximum absolute atomic E-state index is 12.8. The largest absolute Gasteiger partial charge is 0.380 e. The number of hydrogen-bond donors (Lipinski definition) is 1. The minimum Gasteiger partial charge on any atom is -0.380 e. The van der Waals surface area contributed by atoms with Gasteiger partial charge in [-0.2, -0.15) is 0 Å². The minimum absolute atomic E-state index is 0.258. The van der Waals surface area contributed by atoms with E-state index in [0.29, 0.717) is 5.92 Å². The molecule has 23 heavy (non-hydrogen) atoms. The highest BCUT2D eigenvalue weighted by atomic mass is 19.1. The van der Waals surface area contributed by atoms with Crippen molar-refractivity contribution < 1.29 is 9.50 Å². The van der Waals surface area contributed by atoms with Crippen molar-refractivity contribution in [1.29, 1.82) is 0 Å². The van der Waals surface area contributed by atoms with Crippen LogP contribution in [0.3, 0.4) is 0 Å². The van der Waals surface area contributed by atoms with Gasteiger partial charge in [-0.3, -0.25) is 0 Å². The smallest absolute Gasteiger partial charge is 0.123 e. The Hall–Kier alpha value is -1.33. The van der Waals surface area contributed by atoms with Crippen LogP contribution in [-0.2, 0) is 0 Å². The maximum atomic E-state index is 12.8. The molecule has 1 fully saturated rings. The highest BCUT2D eigenvalue weighted by Gasteiger charge is 2.22. The molecule has 1 aliphatic carbocycles. The van der Waals surface area contributed by atoms with Gasteiger partial charge in [-0.1, -0.05) is 70.1 Å². The number of hydrogen-bond acceptors (Lipinski definition) is 1. The van der Waals surface area contributed by atoms with Gasteiger partial charge in [0.25, 0.3) is 0 Å². The van der Waals surface area contributed by atoms with Crippen LogP contribution in [0.4, 0.5) is 4.39 Å². The second-order valence-electron chi connectivity index (χ2n) is 6.91. The van der Waals surface area contributed by atoms with Gasteiger partial charge in [0, 0.05) is 5.56 Å². The van der Waals surface area contributed by atoms with Crippen LogP contribution in [0, 0.1) is 29.5 Å². The molecule has 1 saturated carbocycles. The van der Waals surface area contributed by atoms with Crippen LogP contribution < -0.4 is 0 Å². The molecule has 2 rings (SSSR count). The molecule has 1 N–H and O–H groups in total. The topological polar surface area (TPSA) is 20.2 Å². The SMILES string of the molecule is CCCCCC1CCC(CC(O)C#Cc2ccc(F)cc2)CC1. The van der Waals surface area contributed by atoms with Crippen LogP contribution in [0.2, 0.25) is 0 Å².